The van der Waals surface area contributed by atoms with Crippen LogP contribution in [0.1, 0.15) is 0 Å². The molecule has 2 aromatic rings. The van der Waals surface area contributed by atoms with Crippen LogP contribution < -0.4 is 11.2 Å². The Hall–Kier alpha value is -1.79. The Morgan fingerprint density at radius 1 is 1.30 bits per heavy atom. The quantitative estimate of drug-likeness (QED) is 0.780. The van der Waals surface area contributed by atoms with Crippen molar-refractivity contribution in [2.24, 2.45) is 7.05 Å². The number of aromatic nitrogens is 2. The van der Waals surface area contributed by atoms with E-state index in [4.69, 9.17) is 23.2 Å². The van der Waals surface area contributed by atoms with E-state index in [0.29, 0.717) is 0 Å². The third-order valence-electron chi connectivity index (χ3n) is 2.88. The first kappa shape index (κ1) is 14.6. The summed E-state index contributed by atoms with van der Waals surface area (Å²) in [6.45, 7) is -0.337. The van der Waals surface area contributed by atoms with Crippen molar-refractivity contribution in [2.75, 3.05) is 7.11 Å². The Labute approximate surface area is 123 Å². The molecule has 0 radical (unpaired) electrons. The van der Waals surface area contributed by atoms with Gasteiger partial charge in [-0.15, -0.1) is 0 Å². The zero-order valence-corrected chi connectivity index (χ0v) is 12.2. The fraction of sp³-hybridized carbons (Fsp3) is 0.250. The number of esters is 1. The van der Waals surface area contributed by atoms with Gasteiger partial charge in [0.25, 0.3) is 5.56 Å². The van der Waals surface area contributed by atoms with Gasteiger partial charge in [0.2, 0.25) is 0 Å². The van der Waals surface area contributed by atoms with Gasteiger partial charge in [0.15, 0.2) is 0 Å². The minimum absolute atomic E-state index is 0.117. The maximum absolute atomic E-state index is 12.1. The zero-order valence-electron chi connectivity index (χ0n) is 10.6. The Bertz CT molecular complexity index is 823. The smallest absolute Gasteiger partial charge is 0.331 e. The molecule has 2 rings (SSSR count). The first-order chi connectivity index (χ1) is 9.36. The molecule has 0 atom stereocenters. The molecule has 1 aromatic carbocycles. The molecule has 1 aromatic heterocycles. The van der Waals surface area contributed by atoms with Crippen molar-refractivity contribution in [1.82, 2.24) is 9.13 Å². The van der Waals surface area contributed by atoms with Crippen LogP contribution in [0.15, 0.2) is 21.7 Å². The Morgan fingerprint density at radius 3 is 2.55 bits per heavy atom. The van der Waals surface area contributed by atoms with E-state index in [-0.39, 0.29) is 27.5 Å². The minimum Gasteiger partial charge on any atom is -0.468 e. The lowest BCUT2D eigenvalue weighted by Crippen LogP contribution is -2.39. The van der Waals surface area contributed by atoms with Crippen LogP contribution in [-0.4, -0.2) is 22.2 Å². The Morgan fingerprint density at radius 2 is 1.95 bits per heavy atom. The second-order valence-electron chi connectivity index (χ2n) is 4.09. The Balaban J connectivity index is 2.96. The molecule has 0 aliphatic carbocycles. The summed E-state index contributed by atoms with van der Waals surface area (Å²) in [7, 11) is 2.51. The maximum atomic E-state index is 12.1. The molecule has 8 heteroatoms. The molecule has 0 fully saturated rings. The van der Waals surface area contributed by atoms with Crippen molar-refractivity contribution >= 4 is 40.1 Å². The van der Waals surface area contributed by atoms with Crippen molar-refractivity contribution in [3.8, 4) is 0 Å². The van der Waals surface area contributed by atoms with Crippen LogP contribution in [0.25, 0.3) is 10.9 Å². The van der Waals surface area contributed by atoms with Gasteiger partial charge in [-0.25, -0.2) is 4.79 Å². The molecule has 0 saturated heterocycles. The van der Waals surface area contributed by atoms with Gasteiger partial charge in [-0.05, 0) is 12.1 Å². The average molecular weight is 317 g/mol. The molecule has 0 aliphatic rings. The average Bonchev–Trinajstić information content (AvgIpc) is 2.40. The van der Waals surface area contributed by atoms with E-state index < -0.39 is 17.2 Å². The third-order valence-corrected chi connectivity index (χ3v) is 3.39. The second kappa shape index (κ2) is 5.30. The van der Waals surface area contributed by atoms with Crippen LogP contribution in [0.5, 0.6) is 0 Å². The van der Waals surface area contributed by atoms with Crippen molar-refractivity contribution in [3.05, 3.63) is 43.0 Å². The molecule has 20 heavy (non-hydrogen) atoms. The molecule has 0 aliphatic heterocycles. The van der Waals surface area contributed by atoms with Crippen LogP contribution in [0.4, 0.5) is 0 Å². The lowest BCUT2D eigenvalue weighted by Gasteiger charge is -2.12. The van der Waals surface area contributed by atoms with Crippen molar-refractivity contribution < 1.29 is 9.53 Å². The van der Waals surface area contributed by atoms with Crippen LogP contribution in [0, 0.1) is 0 Å². The minimum atomic E-state index is -0.647. The van der Waals surface area contributed by atoms with E-state index in [1.54, 1.807) is 0 Å². The number of nitrogens with zero attached hydrogens (tertiary/aromatic N) is 2. The molecule has 0 amide bonds. The number of hydrogen-bond donors (Lipinski definition) is 0. The molecule has 0 saturated carbocycles. The number of ether oxygens (including phenoxy) is 1. The molecule has 0 N–H and O–H groups in total. The molecule has 6 nitrogen and oxygen atoms in total. The largest absolute Gasteiger partial charge is 0.468 e. The summed E-state index contributed by atoms with van der Waals surface area (Å²) in [6.07, 6.45) is 0. The summed E-state index contributed by atoms with van der Waals surface area (Å²) >= 11 is 11.9. The molecular weight excluding hydrogens is 307 g/mol. The summed E-state index contributed by atoms with van der Waals surface area (Å²) in [5.41, 5.74) is -1.000. The van der Waals surface area contributed by atoms with E-state index in [2.05, 4.69) is 4.74 Å². The van der Waals surface area contributed by atoms with Crippen LogP contribution in [-0.2, 0) is 23.1 Å². The van der Waals surface area contributed by atoms with Crippen LogP contribution in [0.2, 0.25) is 10.0 Å². The van der Waals surface area contributed by atoms with Gasteiger partial charge < -0.3 is 4.74 Å². The number of halogens is 2. The fourth-order valence-corrected chi connectivity index (χ4v) is 2.43. The van der Waals surface area contributed by atoms with E-state index in [1.807, 2.05) is 0 Å². The Kier molecular flexibility index (Phi) is 3.87. The number of methoxy groups -OCH3 is 1. The highest BCUT2D eigenvalue weighted by Gasteiger charge is 2.16. The normalized spacial score (nSPS) is 10.8. The predicted octanol–water partition coefficient (Wildman–Crippen LogP) is 1.18. The predicted molar refractivity (Wildman–Crippen MR) is 75.5 cm³/mol. The molecule has 0 unspecified atom stereocenters. The van der Waals surface area contributed by atoms with Gasteiger partial charge in [-0.1, -0.05) is 23.2 Å². The third kappa shape index (κ3) is 2.32. The summed E-state index contributed by atoms with van der Waals surface area (Å²) in [6, 6.07) is 2.81. The van der Waals surface area contributed by atoms with E-state index >= 15 is 0 Å². The summed E-state index contributed by atoms with van der Waals surface area (Å²) in [5.74, 6) is -0.622. The standard InChI is InChI=1S/C12H10Cl2N2O4/c1-15-11(18)10-7(14)3-6(13)4-8(10)16(12(15)19)5-9(17)20-2/h3-4H,5H2,1-2H3. The molecular formula is C12H10Cl2N2O4. The summed E-state index contributed by atoms with van der Waals surface area (Å²) in [5, 5.41) is 0.502. The summed E-state index contributed by atoms with van der Waals surface area (Å²) in [4.78, 5) is 35.6. The van der Waals surface area contributed by atoms with Crippen molar-refractivity contribution in [1.29, 1.82) is 0 Å². The highest BCUT2D eigenvalue weighted by Crippen LogP contribution is 2.24. The van der Waals surface area contributed by atoms with E-state index in [9.17, 15) is 14.4 Å². The van der Waals surface area contributed by atoms with Crippen LogP contribution in [0.3, 0.4) is 0 Å². The van der Waals surface area contributed by atoms with Gasteiger partial charge in [0.05, 0.1) is 23.0 Å². The molecule has 0 bridgehead atoms. The summed E-state index contributed by atoms with van der Waals surface area (Å²) < 4.78 is 6.51. The maximum Gasteiger partial charge on any atom is 0.331 e. The first-order valence-corrected chi connectivity index (χ1v) is 6.27. The zero-order chi connectivity index (χ0) is 15.0. The fourth-order valence-electron chi connectivity index (χ4n) is 1.87. The molecule has 106 valence electrons. The first-order valence-electron chi connectivity index (χ1n) is 5.52. The SMILES string of the molecule is COC(=O)Cn1c(=O)n(C)c(=O)c2c(Cl)cc(Cl)cc21. The van der Waals surface area contributed by atoms with Gasteiger partial charge in [-0.3, -0.25) is 18.7 Å². The number of rotatable bonds is 2. The van der Waals surface area contributed by atoms with Crippen molar-refractivity contribution in [3.63, 3.8) is 0 Å². The van der Waals surface area contributed by atoms with Crippen molar-refractivity contribution in [2.45, 2.75) is 6.54 Å². The molecule has 1 heterocycles. The topological polar surface area (TPSA) is 70.3 Å². The van der Waals surface area contributed by atoms with Gasteiger partial charge in [0.1, 0.15) is 6.54 Å². The second-order valence-corrected chi connectivity index (χ2v) is 4.93. The van der Waals surface area contributed by atoms with Gasteiger partial charge >= 0.3 is 11.7 Å². The van der Waals surface area contributed by atoms with E-state index in [1.165, 1.54) is 26.3 Å². The number of carbonyl (C=O) groups excluding carboxylic acids is 1. The van der Waals surface area contributed by atoms with Gasteiger partial charge in [-0.2, -0.15) is 0 Å². The lowest BCUT2D eigenvalue weighted by molar-refractivity contribution is -0.141. The number of benzene rings is 1. The monoisotopic (exact) mass is 316 g/mol. The molecule has 0 spiro atoms. The number of fused-ring (bicyclic) bond motifs is 1. The lowest BCUT2D eigenvalue weighted by atomic mass is 10.2. The number of hydrogen-bond acceptors (Lipinski definition) is 4. The highest BCUT2D eigenvalue weighted by atomic mass is 35.5. The van der Waals surface area contributed by atoms with Crippen LogP contribution >= 0.6 is 23.2 Å². The highest BCUT2D eigenvalue weighted by molar-refractivity contribution is 6.38. The van der Waals surface area contributed by atoms with E-state index in [0.717, 1.165) is 9.13 Å². The number of carbonyl (C=O) groups is 1. The van der Waals surface area contributed by atoms with Gasteiger partial charge in [0, 0.05) is 12.1 Å².